The summed E-state index contributed by atoms with van der Waals surface area (Å²) in [6, 6.07) is 18.9. The van der Waals surface area contributed by atoms with E-state index in [0.29, 0.717) is 23.5 Å². The lowest BCUT2D eigenvalue weighted by Crippen LogP contribution is -2.48. The Morgan fingerprint density at radius 2 is 1.61 bits per heavy atom. The molecule has 8 nitrogen and oxygen atoms in total. The van der Waals surface area contributed by atoms with Crippen molar-refractivity contribution in [3.8, 4) is 11.5 Å². The number of anilines is 1. The average molecular weight is 490 g/mol. The third kappa shape index (κ3) is 7.33. The SMILES string of the molecule is CCCCNC(=O)C(Cc1ccc(O)cc1)NC(=O)c1ccccc1NC(=O)c1ccc(OC)cc1. The van der Waals surface area contributed by atoms with E-state index in [4.69, 9.17) is 4.74 Å². The second-order valence-corrected chi connectivity index (χ2v) is 8.27. The van der Waals surface area contributed by atoms with E-state index in [0.717, 1.165) is 18.4 Å². The first kappa shape index (κ1) is 26.3. The molecule has 36 heavy (non-hydrogen) atoms. The van der Waals surface area contributed by atoms with Crippen molar-refractivity contribution in [2.45, 2.75) is 32.2 Å². The largest absolute Gasteiger partial charge is 0.508 e. The van der Waals surface area contributed by atoms with Crippen molar-refractivity contribution in [2.24, 2.45) is 0 Å². The molecule has 3 amide bonds. The molecule has 0 spiro atoms. The molecule has 0 fully saturated rings. The van der Waals surface area contributed by atoms with Gasteiger partial charge in [0.15, 0.2) is 0 Å². The maximum absolute atomic E-state index is 13.3. The number of hydrogen-bond donors (Lipinski definition) is 4. The van der Waals surface area contributed by atoms with Crippen LogP contribution in [0, 0.1) is 0 Å². The zero-order chi connectivity index (χ0) is 25.9. The van der Waals surface area contributed by atoms with Crippen LogP contribution in [0.25, 0.3) is 0 Å². The van der Waals surface area contributed by atoms with Crippen molar-refractivity contribution in [1.82, 2.24) is 10.6 Å². The first-order valence-electron chi connectivity index (χ1n) is 11.8. The lowest BCUT2D eigenvalue weighted by atomic mass is 10.0. The molecule has 1 atom stereocenters. The van der Waals surface area contributed by atoms with Crippen LogP contribution in [-0.4, -0.2) is 42.5 Å². The Morgan fingerprint density at radius 1 is 0.917 bits per heavy atom. The number of phenolic OH excluding ortho intramolecular Hbond substituents is 1. The van der Waals surface area contributed by atoms with Gasteiger partial charge < -0.3 is 25.8 Å². The summed E-state index contributed by atoms with van der Waals surface area (Å²) in [6.07, 6.45) is 1.99. The van der Waals surface area contributed by atoms with Crippen molar-refractivity contribution in [2.75, 3.05) is 19.0 Å². The van der Waals surface area contributed by atoms with Gasteiger partial charge in [0.05, 0.1) is 18.4 Å². The van der Waals surface area contributed by atoms with Crippen LogP contribution in [0.4, 0.5) is 5.69 Å². The summed E-state index contributed by atoms with van der Waals surface area (Å²) in [7, 11) is 1.54. The number of para-hydroxylation sites is 1. The average Bonchev–Trinajstić information content (AvgIpc) is 2.89. The molecule has 0 saturated heterocycles. The second kappa shape index (κ2) is 12.9. The van der Waals surface area contributed by atoms with Gasteiger partial charge >= 0.3 is 0 Å². The summed E-state index contributed by atoms with van der Waals surface area (Å²) in [4.78, 5) is 38.9. The topological polar surface area (TPSA) is 117 Å². The van der Waals surface area contributed by atoms with Gasteiger partial charge in [-0.05, 0) is 60.5 Å². The zero-order valence-electron chi connectivity index (χ0n) is 20.4. The van der Waals surface area contributed by atoms with Crippen LogP contribution >= 0.6 is 0 Å². The van der Waals surface area contributed by atoms with E-state index >= 15 is 0 Å². The minimum atomic E-state index is -0.843. The molecular formula is C28H31N3O5. The number of phenols is 1. The van der Waals surface area contributed by atoms with Gasteiger partial charge in [0.1, 0.15) is 17.5 Å². The Kier molecular flexibility index (Phi) is 9.45. The lowest BCUT2D eigenvalue weighted by molar-refractivity contribution is -0.122. The smallest absolute Gasteiger partial charge is 0.255 e. The van der Waals surface area contributed by atoms with E-state index in [9.17, 15) is 19.5 Å². The molecule has 3 aromatic carbocycles. The van der Waals surface area contributed by atoms with Gasteiger partial charge in [0.2, 0.25) is 5.91 Å². The third-order valence-electron chi connectivity index (χ3n) is 5.60. The number of benzene rings is 3. The molecule has 0 aliphatic heterocycles. The number of hydrogen-bond acceptors (Lipinski definition) is 5. The Morgan fingerprint density at radius 3 is 2.28 bits per heavy atom. The van der Waals surface area contributed by atoms with Crippen LogP contribution in [0.15, 0.2) is 72.8 Å². The number of aromatic hydroxyl groups is 1. The molecule has 0 heterocycles. The van der Waals surface area contributed by atoms with E-state index in [1.807, 2.05) is 6.92 Å². The fraction of sp³-hybridized carbons (Fsp3) is 0.250. The molecule has 188 valence electrons. The molecule has 0 aliphatic carbocycles. The first-order chi connectivity index (χ1) is 17.4. The van der Waals surface area contributed by atoms with Crippen LogP contribution in [0.5, 0.6) is 11.5 Å². The van der Waals surface area contributed by atoms with E-state index in [-0.39, 0.29) is 29.5 Å². The number of rotatable bonds is 11. The highest BCUT2D eigenvalue weighted by Gasteiger charge is 2.23. The van der Waals surface area contributed by atoms with Crippen molar-refractivity contribution in [3.63, 3.8) is 0 Å². The summed E-state index contributed by atoms with van der Waals surface area (Å²) in [6.45, 7) is 2.53. The number of ether oxygens (including phenoxy) is 1. The second-order valence-electron chi connectivity index (χ2n) is 8.27. The van der Waals surface area contributed by atoms with Gasteiger partial charge in [-0.2, -0.15) is 0 Å². The molecule has 0 bridgehead atoms. The summed E-state index contributed by atoms with van der Waals surface area (Å²) >= 11 is 0. The van der Waals surface area contributed by atoms with Gasteiger partial charge in [0.25, 0.3) is 11.8 Å². The zero-order valence-corrected chi connectivity index (χ0v) is 20.4. The van der Waals surface area contributed by atoms with Crippen LogP contribution in [-0.2, 0) is 11.2 Å². The van der Waals surface area contributed by atoms with Crippen LogP contribution in [0.3, 0.4) is 0 Å². The van der Waals surface area contributed by atoms with Gasteiger partial charge in [-0.15, -0.1) is 0 Å². The van der Waals surface area contributed by atoms with Crippen molar-refractivity contribution < 1.29 is 24.2 Å². The van der Waals surface area contributed by atoms with Crippen molar-refractivity contribution in [3.05, 3.63) is 89.5 Å². The first-order valence-corrected chi connectivity index (χ1v) is 11.8. The van der Waals surface area contributed by atoms with E-state index < -0.39 is 11.9 Å². The Balaban J connectivity index is 1.77. The molecule has 3 rings (SSSR count). The highest BCUT2D eigenvalue weighted by Crippen LogP contribution is 2.19. The fourth-order valence-electron chi connectivity index (χ4n) is 3.55. The van der Waals surface area contributed by atoms with Gasteiger partial charge in [-0.25, -0.2) is 0 Å². The lowest BCUT2D eigenvalue weighted by Gasteiger charge is -2.20. The number of nitrogens with one attached hydrogen (secondary N) is 3. The maximum atomic E-state index is 13.3. The Labute approximate surface area is 210 Å². The molecule has 0 aromatic heterocycles. The standard InChI is InChI=1S/C28H31N3O5/c1-3-4-17-29-28(35)25(18-19-9-13-21(32)14-10-19)31-27(34)23-7-5-6-8-24(23)30-26(33)20-11-15-22(36-2)16-12-20/h5-16,25,32H,3-4,17-18H2,1-2H3,(H,29,35)(H,30,33)(H,31,34). The highest BCUT2D eigenvalue weighted by molar-refractivity contribution is 6.09. The van der Waals surface area contributed by atoms with Crippen LogP contribution in [0.2, 0.25) is 0 Å². The van der Waals surface area contributed by atoms with Crippen LogP contribution < -0.4 is 20.7 Å². The number of carbonyl (C=O) groups is 3. The molecule has 1 unspecified atom stereocenters. The van der Waals surface area contributed by atoms with E-state index in [1.165, 1.54) is 12.1 Å². The van der Waals surface area contributed by atoms with Crippen molar-refractivity contribution >= 4 is 23.4 Å². The van der Waals surface area contributed by atoms with Gasteiger partial charge in [-0.1, -0.05) is 37.6 Å². The molecule has 4 N–H and O–H groups in total. The number of amides is 3. The monoisotopic (exact) mass is 489 g/mol. The Hall–Kier alpha value is -4.33. The molecular weight excluding hydrogens is 458 g/mol. The molecule has 0 radical (unpaired) electrons. The predicted octanol–water partition coefficient (Wildman–Crippen LogP) is 3.91. The van der Waals surface area contributed by atoms with E-state index in [2.05, 4.69) is 16.0 Å². The molecule has 8 heteroatoms. The summed E-state index contributed by atoms with van der Waals surface area (Å²) in [5.41, 5.74) is 1.75. The number of carbonyl (C=O) groups excluding carboxylic acids is 3. The summed E-state index contributed by atoms with van der Waals surface area (Å²) in [5, 5.41) is 18.0. The highest BCUT2D eigenvalue weighted by atomic mass is 16.5. The quantitative estimate of drug-likeness (QED) is 0.305. The minimum Gasteiger partial charge on any atom is -0.508 e. The minimum absolute atomic E-state index is 0.119. The number of methoxy groups -OCH3 is 1. The molecule has 0 saturated carbocycles. The van der Waals surface area contributed by atoms with Gasteiger partial charge in [0, 0.05) is 18.5 Å². The number of unbranched alkanes of at least 4 members (excludes halogenated alkanes) is 1. The summed E-state index contributed by atoms with van der Waals surface area (Å²) < 4.78 is 5.12. The molecule has 0 aliphatic rings. The Bertz CT molecular complexity index is 1180. The normalized spacial score (nSPS) is 11.3. The van der Waals surface area contributed by atoms with E-state index in [1.54, 1.807) is 67.8 Å². The third-order valence-corrected chi connectivity index (χ3v) is 5.60. The van der Waals surface area contributed by atoms with Crippen LogP contribution in [0.1, 0.15) is 46.0 Å². The van der Waals surface area contributed by atoms with Crippen molar-refractivity contribution in [1.29, 1.82) is 0 Å². The predicted molar refractivity (Wildman–Crippen MR) is 138 cm³/mol. The molecule has 3 aromatic rings. The van der Waals surface area contributed by atoms with Gasteiger partial charge in [-0.3, -0.25) is 14.4 Å². The fourth-order valence-corrected chi connectivity index (χ4v) is 3.55. The summed E-state index contributed by atoms with van der Waals surface area (Å²) in [5.74, 6) is -0.424. The maximum Gasteiger partial charge on any atom is 0.255 e.